The van der Waals surface area contributed by atoms with E-state index < -0.39 is 15.5 Å². The van der Waals surface area contributed by atoms with E-state index in [1.54, 1.807) is 13.1 Å². The zero-order valence-corrected chi connectivity index (χ0v) is 12.2. The Kier molecular flexibility index (Phi) is 4.19. The molecule has 0 amide bonds. The van der Waals surface area contributed by atoms with Crippen molar-refractivity contribution in [2.75, 3.05) is 5.75 Å². The van der Waals surface area contributed by atoms with E-state index in [0.717, 1.165) is 5.56 Å². The number of rotatable bonds is 4. The number of sulfone groups is 1. The Bertz CT molecular complexity index is 846. The highest BCUT2D eigenvalue weighted by atomic mass is 32.2. The lowest BCUT2D eigenvalue weighted by atomic mass is 10.2. The highest BCUT2D eigenvalue weighted by molar-refractivity contribution is 7.91. The molecule has 6 nitrogen and oxygen atoms in total. The van der Waals surface area contributed by atoms with Gasteiger partial charge in [-0.2, -0.15) is 5.26 Å². The predicted octanol–water partition coefficient (Wildman–Crippen LogP) is 0.897. The Hall–Kier alpha value is -2.46. The first-order valence-corrected chi connectivity index (χ1v) is 7.83. The molecule has 0 spiro atoms. The summed E-state index contributed by atoms with van der Waals surface area (Å²) >= 11 is 0. The van der Waals surface area contributed by atoms with Gasteiger partial charge in [-0.15, -0.1) is 0 Å². The molecule has 0 atom stereocenters. The molecular formula is C14H13N3O3S. The van der Waals surface area contributed by atoms with Gasteiger partial charge >= 0.3 is 5.69 Å². The average Bonchev–Trinajstić information content (AvgIpc) is 2.48. The molecule has 0 bridgehead atoms. The lowest BCUT2D eigenvalue weighted by molar-refractivity contribution is 0.585. The quantitative estimate of drug-likeness (QED) is 0.836. The smallest absolute Gasteiger partial charge is 0.298 e. The van der Waals surface area contributed by atoms with Gasteiger partial charge < -0.3 is 0 Å². The van der Waals surface area contributed by atoms with Gasteiger partial charge in [0.1, 0.15) is 0 Å². The van der Waals surface area contributed by atoms with Crippen LogP contribution in [0, 0.1) is 18.3 Å². The minimum Gasteiger partial charge on any atom is -0.298 e. The topological polar surface area (TPSA) is 92.8 Å². The largest absolute Gasteiger partial charge is 0.347 e. The third kappa shape index (κ3) is 3.55. The van der Waals surface area contributed by atoms with Crippen LogP contribution in [0.1, 0.15) is 11.1 Å². The molecule has 0 N–H and O–H groups in total. The van der Waals surface area contributed by atoms with Gasteiger partial charge in [0.05, 0.1) is 22.3 Å². The Morgan fingerprint density at radius 1 is 1.29 bits per heavy atom. The monoisotopic (exact) mass is 303 g/mol. The van der Waals surface area contributed by atoms with Gasteiger partial charge in [-0.25, -0.2) is 18.2 Å². The molecule has 1 heterocycles. The Morgan fingerprint density at radius 3 is 2.57 bits per heavy atom. The van der Waals surface area contributed by atoms with Crippen LogP contribution >= 0.6 is 0 Å². The van der Waals surface area contributed by atoms with Crippen LogP contribution in [-0.2, 0) is 16.4 Å². The first-order valence-electron chi connectivity index (χ1n) is 6.18. The number of nitrogens with zero attached hydrogens (tertiary/aromatic N) is 3. The number of benzene rings is 1. The summed E-state index contributed by atoms with van der Waals surface area (Å²) in [4.78, 5) is 15.3. The van der Waals surface area contributed by atoms with E-state index in [1.807, 2.05) is 6.07 Å². The van der Waals surface area contributed by atoms with Crippen LogP contribution in [0.15, 0.2) is 46.3 Å². The van der Waals surface area contributed by atoms with Gasteiger partial charge in [0.15, 0.2) is 9.84 Å². The normalized spacial score (nSPS) is 11.0. The number of hydrogen-bond acceptors (Lipinski definition) is 5. The van der Waals surface area contributed by atoms with Gasteiger partial charge in [-0.05, 0) is 36.8 Å². The number of nitriles is 1. The molecule has 2 aromatic rings. The summed E-state index contributed by atoms with van der Waals surface area (Å²) in [5.74, 6) is -0.204. The fraction of sp³-hybridized carbons (Fsp3) is 0.214. The predicted molar refractivity (Wildman–Crippen MR) is 76.4 cm³/mol. The molecule has 0 unspecified atom stereocenters. The number of aromatic nitrogens is 2. The zero-order chi connectivity index (χ0) is 15.5. The molecule has 108 valence electrons. The average molecular weight is 303 g/mol. The molecule has 1 aromatic carbocycles. The summed E-state index contributed by atoms with van der Waals surface area (Å²) in [6, 6.07) is 7.62. The van der Waals surface area contributed by atoms with Crippen molar-refractivity contribution in [3.05, 3.63) is 58.3 Å². The molecule has 0 aliphatic rings. The molecule has 0 fully saturated rings. The maximum Gasteiger partial charge on any atom is 0.347 e. The van der Waals surface area contributed by atoms with Crippen LogP contribution in [-0.4, -0.2) is 23.7 Å². The third-order valence-corrected chi connectivity index (χ3v) is 4.64. The summed E-state index contributed by atoms with van der Waals surface area (Å²) in [5.41, 5.74) is 0.703. The second kappa shape index (κ2) is 5.89. The second-order valence-electron chi connectivity index (χ2n) is 4.56. The van der Waals surface area contributed by atoms with Gasteiger partial charge in [0.25, 0.3) is 0 Å². The molecule has 0 saturated carbocycles. The Morgan fingerprint density at radius 2 is 1.95 bits per heavy atom. The summed E-state index contributed by atoms with van der Waals surface area (Å²) in [6.07, 6.45) is 3.01. The standard InChI is InChI=1S/C14H13N3O3S/c1-11-9-16-14(18)17(10-11)6-7-21(19,20)13-4-2-12(8-15)3-5-13/h2-5,9-10H,6-7H2,1H3. The van der Waals surface area contributed by atoms with Crippen molar-refractivity contribution in [2.45, 2.75) is 18.4 Å². The van der Waals surface area contributed by atoms with Gasteiger partial charge in [0.2, 0.25) is 0 Å². The minimum atomic E-state index is -3.51. The van der Waals surface area contributed by atoms with Crippen molar-refractivity contribution >= 4 is 9.84 Å². The summed E-state index contributed by atoms with van der Waals surface area (Å²) in [7, 11) is -3.51. The van der Waals surface area contributed by atoms with Crippen LogP contribution in [0.3, 0.4) is 0 Å². The van der Waals surface area contributed by atoms with E-state index in [9.17, 15) is 13.2 Å². The fourth-order valence-electron chi connectivity index (χ4n) is 1.80. The van der Waals surface area contributed by atoms with Gasteiger partial charge in [0, 0.05) is 18.9 Å². The molecule has 0 aliphatic carbocycles. The molecule has 2 rings (SSSR count). The van der Waals surface area contributed by atoms with Crippen LogP contribution < -0.4 is 5.69 Å². The van der Waals surface area contributed by atoms with Crippen molar-refractivity contribution in [1.82, 2.24) is 9.55 Å². The maximum atomic E-state index is 12.2. The summed E-state index contributed by atoms with van der Waals surface area (Å²) in [6.45, 7) is 1.81. The van der Waals surface area contributed by atoms with Crippen molar-refractivity contribution in [2.24, 2.45) is 0 Å². The third-order valence-electron chi connectivity index (χ3n) is 2.93. The van der Waals surface area contributed by atoms with Crippen molar-refractivity contribution in [3.8, 4) is 6.07 Å². The molecule has 0 saturated heterocycles. The lowest BCUT2D eigenvalue weighted by Crippen LogP contribution is -2.26. The lowest BCUT2D eigenvalue weighted by Gasteiger charge is -2.07. The van der Waals surface area contributed by atoms with E-state index in [1.165, 1.54) is 35.0 Å². The van der Waals surface area contributed by atoms with Crippen LogP contribution in [0.4, 0.5) is 0 Å². The van der Waals surface area contributed by atoms with Crippen LogP contribution in [0.5, 0.6) is 0 Å². The molecule has 1 aromatic heterocycles. The van der Waals surface area contributed by atoms with Crippen molar-refractivity contribution < 1.29 is 8.42 Å². The number of hydrogen-bond donors (Lipinski definition) is 0. The highest BCUT2D eigenvalue weighted by Crippen LogP contribution is 2.12. The molecule has 0 radical (unpaired) electrons. The maximum absolute atomic E-state index is 12.2. The first-order chi connectivity index (χ1) is 9.92. The van der Waals surface area contributed by atoms with E-state index >= 15 is 0 Å². The van der Waals surface area contributed by atoms with Crippen LogP contribution in [0.2, 0.25) is 0 Å². The molecule has 7 heteroatoms. The Balaban J connectivity index is 2.19. The van der Waals surface area contributed by atoms with Crippen LogP contribution in [0.25, 0.3) is 0 Å². The summed E-state index contributed by atoms with van der Waals surface area (Å²) < 4.78 is 25.6. The molecular weight excluding hydrogens is 290 g/mol. The van der Waals surface area contributed by atoms with E-state index in [-0.39, 0.29) is 17.2 Å². The highest BCUT2D eigenvalue weighted by Gasteiger charge is 2.14. The van der Waals surface area contributed by atoms with E-state index in [4.69, 9.17) is 5.26 Å². The van der Waals surface area contributed by atoms with E-state index in [2.05, 4.69) is 4.98 Å². The Labute approximate surface area is 122 Å². The minimum absolute atomic E-state index is 0.0375. The summed E-state index contributed by atoms with van der Waals surface area (Å²) in [5, 5.41) is 8.70. The molecule has 21 heavy (non-hydrogen) atoms. The second-order valence-corrected chi connectivity index (χ2v) is 6.67. The first kappa shape index (κ1) is 14.9. The van der Waals surface area contributed by atoms with Gasteiger partial charge in [-0.1, -0.05) is 0 Å². The van der Waals surface area contributed by atoms with Crippen molar-refractivity contribution in [1.29, 1.82) is 5.26 Å². The fourth-order valence-corrected chi connectivity index (χ4v) is 3.02. The van der Waals surface area contributed by atoms with Gasteiger partial charge in [-0.3, -0.25) is 4.57 Å². The SMILES string of the molecule is Cc1cnc(=O)n(CCS(=O)(=O)c2ccc(C#N)cc2)c1. The molecule has 0 aliphatic heterocycles. The van der Waals surface area contributed by atoms with Crippen molar-refractivity contribution in [3.63, 3.8) is 0 Å². The zero-order valence-electron chi connectivity index (χ0n) is 11.4. The van der Waals surface area contributed by atoms with E-state index in [0.29, 0.717) is 5.56 Å². The number of aryl methyl sites for hydroxylation is 2.